The Morgan fingerprint density at radius 2 is 2.29 bits per heavy atom. The van der Waals surface area contributed by atoms with Crippen LogP contribution in [-0.2, 0) is 14.8 Å². The number of rotatable bonds is 2. The molecule has 0 amide bonds. The molecule has 2 rings (SSSR count). The molecule has 2 fully saturated rings. The van der Waals surface area contributed by atoms with Gasteiger partial charge >= 0.3 is 0 Å². The van der Waals surface area contributed by atoms with Gasteiger partial charge in [0.1, 0.15) is 0 Å². The summed E-state index contributed by atoms with van der Waals surface area (Å²) < 4.78 is 30.2. The minimum Gasteiger partial charge on any atom is -0.381 e. The van der Waals surface area contributed by atoms with Crippen LogP contribution in [0.3, 0.4) is 0 Å². The third-order valence-corrected chi connectivity index (χ3v) is 4.96. The van der Waals surface area contributed by atoms with E-state index < -0.39 is 10.0 Å². The van der Waals surface area contributed by atoms with Crippen molar-refractivity contribution in [3.05, 3.63) is 0 Å². The second kappa shape index (κ2) is 3.79. The Labute approximate surface area is 85.3 Å². The van der Waals surface area contributed by atoms with E-state index in [1.807, 2.05) is 6.92 Å². The molecule has 0 bridgehead atoms. The number of ether oxygens (including phenoxy) is 1. The first-order valence-corrected chi connectivity index (χ1v) is 6.74. The molecule has 0 radical (unpaired) electrons. The molecular weight excluding hydrogens is 202 g/mol. The minimum atomic E-state index is -2.95. The van der Waals surface area contributed by atoms with Gasteiger partial charge in [-0.3, -0.25) is 0 Å². The SMILES string of the molecule is CC1CN(CC2CCOC2)S(=O)(=O)C1. The van der Waals surface area contributed by atoms with E-state index in [0.29, 0.717) is 24.8 Å². The molecule has 0 spiro atoms. The molecule has 0 aromatic rings. The Hall–Kier alpha value is -0.130. The topological polar surface area (TPSA) is 46.6 Å². The van der Waals surface area contributed by atoms with Crippen molar-refractivity contribution >= 4 is 10.0 Å². The van der Waals surface area contributed by atoms with Gasteiger partial charge in [0, 0.05) is 19.7 Å². The molecule has 2 heterocycles. The van der Waals surface area contributed by atoms with Crippen molar-refractivity contribution in [2.24, 2.45) is 11.8 Å². The van der Waals surface area contributed by atoms with Crippen LogP contribution >= 0.6 is 0 Å². The summed E-state index contributed by atoms with van der Waals surface area (Å²) in [6, 6.07) is 0. The molecule has 0 N–H and O–H groups in total. The fraction of sp³-hybridized carbons (Fsp3) is 1.00. The summed E-state index contributed by atoms with van der Waals surface area (Å²) in [6.07, 6.45) is 1.00. The fourth-order valence-electron chi connectivity index (χ4n) is 2.18. The number of sulfonamides is 1. The minimum absolute atomic E-state index is 0.280. The second-order valence-electron chi connectivity index (χ2n) is 4.43. The van der Waals surface area contributed by atoms with Crippen LogP contribution in [0.25, 0.3) is 0 Å². The zero-order chi connectivity index (χ0) is 10.2. The maximum atomic E-state index is 11.6. The Kier molecular flexibility index (Phi) is 2.81. The molecule has 2 atom stereocenters. The molecule has 0 aliphatic carbocycles. The lowest BCUT2D eigenvalue weighted by molar-refractivity contribution is 0.180. The van der Waals surface area contributed by atoms with Gasteiger partial charge in [0.15, 0.2) is 0 Å². The van der Waals surface area contributed by atoms with Gasteiger partial charge in [-0.25, -0.2) is 12.7 Å². The van der Waals surface area contributed by atoms with E-state index in [1.54, 1.807) is 4.31 Å². The summed E-state index contributed by atoms with van der Waals surface area (Å²) in [5.74, 6) is 1.01. The van der Waals surface area contributed by atoms with Crippen LogP contribution in [0.4, 0.5) is 0 Å². The van der Waals surface area contributed by atoms with Gasteiger partial charge in [-0.05, 0) is 18.3 Å². The highest BCUT2D eigenvalue weighted by Crippen LogP contribution is 2.23. The van der Waals surface area contributed by atoms with Gasteiger partial charge < -0.3 is 4.74 Å². The summed E-state index contributed by atoms with van der Waals surface area (Å²) in [5, 5.41) is 0. The van der Waals surface area contributed by atoms with Crippen LogP contribution < -0.4 is 0 Å². The Bertz CT molecular complexity index is 295. The van der Waals surface area contributed by atoms with Crippen molar-refractivity contribution in [1.29, 1.82) is 0 Å². The van der Waals surface area contributed by atoms with Crippen molar-refractivity contribution in [3.63, 3.8) is 0 Å². The highest BCUT2D eigenvalue weighted by Gasteiger charge is 2.35. The predicted molar refractivity (Wildman–Crippen MR) is 53.4 cm³/mol. The lowest BCUT2D eigenvalue weighted by Gasteiger charge is -2.17. The molecule has 5 heteroatoms. The smallest absolute Gasteiger partial charge is 0.214 e. The van der Waals surface area contributed by atoms with Gasteiger partial charge in [0.2, 0.25) is 10.0 Å². The van der Waals surface area contributed by atoms with Gasteiger partial charge in [0.05, 0.1) is 12.4 Å². The van der Waals surface area contributed by atoms with Crippen LogP contribution in [0.15, 0.2) is 0 Å². The molecule has 2 aliphatic heterocycles. The van der Waals surface area contributed by atoms with Crippen molar-refractivity contribution < 1.29 is 13.2 Å². The fourth-order valence-corrected chi connectivity index (χ4v) is 4.14. The van der Waals surface area contributed by atoms with E-state index in [-0.39, 0.29) is 5.92 Å². The average Bonchev–Trinajstić information content (AvgIpc) is 2.61. The van der Waals surface area contributed by atoms with Crippen LogP contribution in [0, 0.1) is 11.8 Å². The zero-order valence-corrected chi connectivity index (χ0v) is 9.29. The second-order valence-corrected chi connectivity index (χ2v) is 6.44. The Morgan fingerprint density at radius 1 is 1.50 bits per heavy atom. The molecule has 82 valence electrons. The monoisotopic (exact) mass is 219 g/mol. The van der Waals surface area contributed by atoms with E-state index in [0.717, 1.165) is 19.6 Å². The average molecular weight is 219 g/mol. The third-order valence-electron chi connectivity index (χ3n) is 2.89. The quantitative estimate of drug-likeness (QED) is 0.671. The number of hydrogen-bond donors (Lipinski definition) is 0. The van der Waals surface area contributed by atoms with Crippen LogP contribution in [0.2, 0.25) is 0 Å². The van der Waals surface area contributed by atoms with Crippen molar-refractivity contribution in [1.82, 2.24) is 4.31 Å². The molecular formula is C9H17NO3S. The predicted octanol–water partition coefficient (Wildman–Crippen LogP) is 0.304. The highest BCUT2D eigenvalue weighted by molar-refractivity contribution is 7.89. The van der Waals surface area contributed by atoms with Crippen molar-refractivity contribution in [2.45, 2.75) is 13.3 Å². The Balaban J connectivity index is 1.97. The van der Waals surface area contributed by atoms with Gasteiger partial charge in [-0.2, -0.15) is 0 Å². The molecule has 4 nitrogen and oxygen atoms in total. The first kappa shape index (κ1) is 10.4. The number of hydrogen-bond acceptors (Lipinski definition) is 3. The normalized spacial score (nSPS) is 37.8. The highest BCUT2D eigenvalue weighted by atomic mass is 32.2. The maximum Gasteiger partial charge on any atom is 0.214 e. The standard InChI is InChI=1S/C9H17NO3S/c1-8-4-10(14(11,12)7-8)5-9-2-3-13-6-9/h8-9H,2-7H2,1H3. The van der Waals surface area contributed by atoms with E-state index in [4.69, 9.17) is 4.74 Å². The molecule has 0 aromatic carbocycles. The van der Waals surface area contributed by atoms with Gasteiger partial charge in [-0.1, -0.05) is 6.92 Å². The van der Waals surface area contributed by atoms with Crippen LogP contribution in [0.5, 0.6) is 0 Å². The first-order chi connectivity index (χ1) is 6.58. The summed E-state index contributed by atoms with van der Waals surface area (Å²) in [6.45, 7) is 4.85. The molecule has 2 unspecified atom stereocenters. The summed E-state index contributed by atoms with van der Waals surface area (Å²) in [7, 11) is -2.95. The largest absolute Gasteiger partial charge is 0.381 e. The van der Waals surface area contributed by atoms with Crippen molar-refractivity contribution in [2.75, 3.05) is 32.1 Å². The zero-order valence-electron chi connectivity index (χ0n) is 8.48. The Morgan fingerprint density at radius 3 is 2.79 bits per heavy atom. The lowest BCUT2D eigenvalue weighted by atomic mass is 10.1. The van der Waals surface area contributed by atoms with Crippen LogP contribution in [-0.4, -0.2) is 44.8 Å². The summed E-state index contributed by atoms with van der Waals surface area (Å²) in [4.78, 5) is 0. The molecule has 0 aromatic heterocycles. The van der Waals surface area contributed by atoms with Gasteiger partial charge in [-0.15, -0.1) is 0 Å². The van der Waals surface area contributed by atoms with E-state index >= 15 is 0 Å². The third kappa shape index (κ3) is 2.10. The van der Waals surface area contributed by atoms with Crippen LogP contribution in [0.1, 0.15) is 13.3 Å². The summed E-state index contributed by atoms with van der Waals surface area (Å²) >= 11 is 0. The number of nitrogens with zero attached hydrogens (tertiary/aromatic N) is 1. The van der Waals surface area contributed by atoms with E-state index in [1.165, 1.54) is 0 Å². The molecule has 0 saturated carbocycles. The lowest BCUT2D eigenvalue weighted by Crippen LogP contribution is -2.31. The molecule has 2 aliphatic rings. The molecule has 14 heavy (non-hydrogen) atoms. The van der Waals surface area contributed by atoms with E-state index in [9.17, 15) is 8.42 Å². The van der Waals surface area contributed by atoms with Gasteiger partial charge in [0.25, 0.3) is 0 Å². The first-order valence-electron chi connectivity index (χ1n) is 5.13. The van der Waals surface area contributed by atoms with E-state index in [2.05, 4.69) is 0 Å². The molecule has 2 saturated heterocycles. The summed E-state index contributed by atoms with van der Waals surface area (Å²) in [5.41, 5.74) is 0. The maximum absolute atomic E-state index is 11.6. The van der Waals surface area contributed by atoms with Crippen molar-refractivity contribution in [3.8, 4) is 0 Å².